The molecular formula is C20H20ClN3. The first-order valence-corrected chi connectivity index (χ1v) is 8.73. The van der Waals surface area contributed by atoms with E-state index in [1.165, 1.54) is 16.3 Å². The molecule has 0 aliphatic carbocycles. The van der Waals surface area contributed by atoms with Crippen LogP contribution in [0.3, 0.4) is 0 Å². The zero-order chi connectivity index (χ0) is 16.4. The maximum absolute atomic E-state index is 5.92. The van der Waals surface area contributed by atoms with Gasteiger partial charge in [0.05, 0.1) is 5.02 Å². The van der Waals surface area contributed by atoms with Gasteiger partial charge >= 0.3 is 0 Å². The Morgan fingerprint density at radius 1 is 0.875 bits per heavy atom. The molecule has 0 amide bonds. The van der Waals surface area contributed by atoms with Gasteiger partial charge in [-0.3, -0.25) is 4.90 Å². The minimum atomic E-state index is 0.688. The summed E-state index contributed by atoms with van der Waals surface area (Å²) >= 11 is 5.92. The predicted molar refractivity (Wildman–Crippen MR) is 101 cm³/mol. The van der Waals surface area contributed by atoms with Crippen molar-refractivity contribution in [2.75, 3.05) is 31.1 Å². The topological polar surface area (TPSA) is 19.4 Å². The fraction of sp³-hybridized carbons (Fsp3) is 0.250. The second-order valence-electron chi connectivity index (χ2n) is 6.24. The Morgan fingerprint density at radius 3 is 2.46 bits per heavy atom. The van der Waals surface area contributed by atoms with Gasteiger partial charge in [0.15, 0.2) is 0 Å². The van der Waals surface area contributed by atoms with Gasteiger partial charge in [-0.05, 0) is 28.5 Å². The van der Waals surface area contributed by atoms with Crippen LogP contribution in [-0.2, 0) is 6.54 Å². The van der Waals surface area contributed by atoms with Crippen LogP contribution in [0.4, 0.5) is 5.82 Å². The maximum Gasteiger partial charge on any atom is 0.128 e. The van der Waals surface area contributed by atoms with Crippen LogP contribution in [0, 0.1) is 0 Å². The minimum Gasteiger partial charge on any atom is -0.354 e. The SMILES string of the molecule is Clc1ccc(N2CCN(Cc3cccc4ccccc34)CC2)nc1. The molecule has 1 aliphatic heterocycles. The third kappa shape index (κ3) is 3.23. The van der Waals surface area contributed by atoms with Crippen LogP contribution in [0.15, 0.2) is 60.8 Å². The lowest BCUT2D eigenvalue weighted by Crippen LogP contribution is -2.46. The number of anilines is 1. The first-order chi connectivity index (χ1) is 11.8. The van der Waals surface area contributed by atoms with Gasteiger partial charge in [-0.25, -0.2) is 4.98 Å². The zero-order valence-corrected chi connectivity index (χ0v) is 14.3. The van der Waals surface area contributed by atoms with Gasteiger partial charge in [0, 0.05) is 38.9 Å². The van der Waals surface area contributed by atoms with Crippen LogP contribution in [-0.4, -0.2) is 36.1 Å². The third-order valence-corrected chi connectivity index (χ3v) is 4.91. The number of nitrogens with zero attached hydrogens (tertiary/aromatic N) is 3. The molecule has 1 fully saturated rings. The smallest absolute Gasteiger partial charge is 0.128 e. The standard InChI is InChI=1S/C20H20ClN3/c21-18-8-9-20(22-14-18)24-12-10-23(11-13-24)15-17-6-3-5-16-4-1-2-7-19(16)17/h1-9,14H,10-13,15H2. The van der Waals surface area contributed by atoms with Crippen LogP contribution in [0.1, 0.15) is 5.56 Å². The van der Waals surface area contributed by atoms with Gasteiger partial charge < -0.3 is 4.90 Å². The zero-order valence-electron chi connectivity index (χ0n) is 13.5. The van der Waals surface area contributed by atoms with Crippen molar-refractivity contribution in [3.05, 3.63) is 71.4 Å². The molecule has 4 heteroatoms. The van der Waals surface area contributed by atoms with E-state index < -0.39 is 0 Å². The van der Waals surface area contributed by atoms with Crippen molar-refractivity contribution in [2.45, 2.75) is 6.54 Å². The molecule has 0 spiro atoms. The Labute approximate surface area is 147 Å². The predicted octanol–water partition coefficient (Wildman–Crippen LogP) is 4.21. The number of rotatable bonds is 3. The van der Waals surface area contributed by atoms with Crippen LogP contribution in [0.25, 0.3) is 10.8 Å². The van der Waals surface area contributed by atoms with E-state index in [1.54, 1.807) is 6.20 Å². The summed E-state index contributed by atoms with van der Waals surface area (Å²) in [5, 5.41) is 3.37. The van der Waals surface area contributed by atoms with E-state index in [1.807, 2.05) is 12.1 Å². The van der Waals surface area contributed by atoms with E-state index in [2.05, 4.69) is 57.2 Å². The fourth-order valence-corrected chi connectivity index (χ4v) is 3.47. The summed E-state index contributed by atoms with van der Waals surface area (Å²) in [4.78, 5) is 9.28. The molecule has 1 saturated heterocycles. The Hall–Kier alpha value is -2.10. The summed E-state index contributed by atoms with van der Waals surface area (Å²) in [6, 6.07) is 19.1. The average Bonchev–Trinajstić information content (AvgIpc) is 2.63. The molecule has 0 N–H and O–H groups in total. The number of benzene rings is 2. The van der Waals surface area contributed by atoms with Gasteiger partial charge in [-0.15, -0.1) is 0 Å². The van der Waals surface area contributed by atoms with Gasteiger partial charge in [-0.2, -0.15) is 0 Å². The fourth-order valence-electron chi connectivity index (χ4n) is 3.36. The molecule has 0 saturated carbocycles. The summed E-state index contributed by atoms with van der Waals surface area (Å²) in [6.07, 6.45) is 1.72. The Balaban J connectivity index is 1.43. The van der Waals surface area contributed by atoms with E-state index in [4.69, 9.17) is 11.6 Å². The average molecular weight is 338 g/mol. The highest BCUT2D eigenvalue weighted by Gasteiger charge is 2.18. The minimum absolute atomic E-state index is 0.688. The summed E-state index contributed by atoms with van der Waals surface area (Å²) < 4.78 is 0. The Bertz CT molecular complexity index is 818. The highest BCUT2D eigenvalue weighted by Crippen LogP contribution is 2.21. The number of hydrogen-bond donors (Lipinski definition) is 0. The number of fused-ring (bicyclic) bond motifs is 1. The molecule has 3 aromatic rings. The number of piperazine rings is 1. The number of halogens is 1. The molecule has 24 heavy (non-hydrogen) atoms. The lowest BCUT2D eigenvalue weighted by Gasteiger charge is -2.35. The van der Waals surface area contributed by atoms with Crippen molar-refractivity contribution < 1.29 is 0 Å². The molecule has 0 radical (unpaired) electrons. The van der Waals surface area contributed by atoms with Gasteiger partial charge in [0.1, 0.15) is 5.82 Å². The van der Waals surface area contributed by atoms with E-state index in [9.17, 15) is 0 Å². The Kier molecular flexibility index (Phi) is 4.37. The summed E-state index contributed by atoms with van der Waals surface area (Å²) in [7, 11) is 0. The van der Waals surface area contributed by atoms with E-state index in [-0.39, 0.29) is 0 Å². The molecule has 0 atom stereocenters. The first kappa shape index (κ1) is 15.4. The number of hydrogen-bond acceptors (Lipinski definition) is 3. The monoisotopic (exact) mass is 337 g/mol. The van der Waals surface area contributed by atoms with E-state index in [0.717, 1.165) is 38.5 Å². The molecule has 4 rings (SSSR count). The summed E-state index contributed by atoms with van der Waals surface area (Å²) in [6.45, 7) is 5.10. The molecule has 1 aliphatic rings. The maximum atomic E-state index is 5.92. The highest BCUT2D eigenvalue weighted by molar-refractivity contribution is 6.30. The summed E-state index contributed by atoms with van der Waals surface area (Å²) in [5.41, 5.74) is 1.41. The molecule has 0 unspecified atom stereocenters. The largest absolute Gasteiger partial charge is 0.354 e. The normalized spacial score (nSPS) is 15.8. The van der Waals surface area contributed by atoms with Crippen LogP contribution in [0.5, 0.6) is 0 Å². The lowest BCUT2D eigenvalue weighted by atomic mass is 10.0. The van der Waals surface area contributed by atoms with Crippen molar-refractivity contribution in [3.63, 3.8) is 0 Å². The van der Waals surface area contributed by atoms with Crippen molar-refractivity contribution >= 4 is 28.2 Å². The van der Waals surface area contributed by atoms with Crippen molar-refractivity contribution in [1.82, 2.24) is 9.88 Å². The third-order valence-electron chi connectivity index (χ3n) is 4.68. The van der Waals surface area contributed by atoms with Crippen molar-refractivity contribution in [1.29, 1.82) is 0 Å². The van der Waals surface area contributed by atoms with Crippen LogP contribution >= 0.6 is 11.6 Å². The lowest BCUT2D eigenvalue weighted by molar-refractivity contribution is 0.250. The highest BCUT2D eigenvalue weighted by atomic mass is 35.5. The number of aromatic nitrogens is 1. The second-order valence-corrected chi connectivity index (χ2v) is 6.67. The van der Waals surface area contributed by atoms with Crippen molar-refractivity contribution in [2.24, 2.45) is 0 Å². The summed E-state index contributed by atoms with van der Waals surface area (Å²) in [5.74, 6) is 1.02. The van der Waals surface area contributed by atoms with Crippen LogP contribution in [0.2, 0.25) is 5.02 Å². The molecule has 3 nitrogen and oxygen atoms in total. The molecule has 2 aromatic carbocycles. The van der Waals surface area contributed by atoms with Crippen molar-refractivity contribution in [3.8, 4) is 0 Å². The van der Waals surface area contributed by atoms with Gasteiger partial charge in [0.2, 0.25) is 0 Å². The van der Waals surface area contributed by atoms with E-state index in [0.29, 0.717) is 5.02 Å². The van der Waals surface area contributed by atoms with Gasteiger partial charge in [-0.1, -0.05) is 54.1 Å². The van der Waals surface area contributed by atoms with E-state index >= 15 is 0 Å². The molecule has 122 valence electrons. The Morgan fingerprint density at radius 2 is 1.67 bits per heavy atom. The molecular weight excluding hydrogens is 318 g/mol. The van der Waals surface area contributed by atoms with Crippen LogP contribution < -0.4 is 4.90 Å². The second kappa shape index (κ2) is 6.80. The first-order valence-electron chi connectivity index (χ1n) is 8.35. The molecule has 2 heterocycles. The number of pyridine rings is 1. The van der Waals surface area contributed by atoms with Gasteiger partial charge in [0.25, 0.3) is 0 Å². The molecule has 1 aromatic heterocycles. The molecule has 0 bridgehead atoms. The quantitative estimate of drug-likeness (QED) is 0.713.